The van der Waals surface area contributed by atoms with E-state index in [4.69, 9.17) is 16.0 Å². The van der Waals surface area contributed by atoms with Crippen molar-refractivity contribution in [2.75, 3.05) is 5.32 Å². The van der Waals surface area contributed by atoms with Crippen molar-refractivity contribution < 1.29 is 4.42 Å². The fraction of sp³-hybridized carbons (Fsp3) is 0.0588. The van der Waals surface area contributed by atoms with Crippen LogP contribution in [0, 0.1) is 0 Å². The van der Waals surface area contributed by atoms with Gasteiger partial charge in [0.2, 0.25) is 0 Å². The van der Waals surface area contributed by atoms with Crippen LogP contribution in [0.15, 0.2) is 71.1 Å². The van der Waals surface area contributed by atoms with E-state index in [9.17, 15) is 0 Å². The van der Waals surface area contributed by atoms with Gasteiger partial charge < -0.3 is 9.73 Å². The highest BCUT2D eigenvalue weighted by atomic mass is 35.5. The monoisotopic (exact) mass is 319 g/mol. The fourth-order valence-electron chi connectivity index (χ4n) is 1.99. The number of anilines is 1. The molecule has 0 aliphatic heterocycles. The van der Waals surface area contributed by atoms with Crippen LogP contribution >= 0.6 is 24.0 Å². The largest absolute Gasteiger partial charge is 0.441 e. The molecule has 1 aromatic heterocycles. The summed E-state index contributed by atoms with van der Waals surface area (Å²) in [7, 11) is 0. The van der Waals surface area contributed by atoms with E-state index in [1.165, 1.54) is 5.56 Å². The summed E-state index contributed by atoms with van der Waals surface area (Å²) in [4.78, 5) is 0. The van der Waals surface area contributed by atoms with Gasteiger partial charge in [-0.1, -0.05) is 41.9 Å². The number of furan rings is 1. The van der Waals surface area contributed by atoms with Crippen LogP contribution in [-0.2, 0) is 6.54 Å². The summed E-state index contributed by atoms with van der Waals surface area (Å²) in [6, 6.07) is 21.7. The Bertz CT molecular complexity index is 678. The molecule has 3 aromatic rings. The SMILES string of the molecule is Cl.Clc1ccc(-c2ccc(NCc3ccccc3)o2)cc1. The first-order valence-electron chi connectivity index (χ1n) is 6.45. The Morgan fingerprint density at radius 2 is 1.57 bits per heavy atom. The Labute approximate surface area is 135 Å². The summed E-state index contributed by atoms with van der Waals surface area (Å²) in [5.74, 6) is 1.59. The number of nitrogens with one attached hydrogen (secondary N) is 1. The van der Waals surface area contributed by atoms with Crippen molar-refractivity contribution in [1.82, 2.24) is 0 Å². The van der Waals surface area contributed by atoms with Crippen molar-refractivity contribution in [3.8, 4) is 11.3 Å². The summed E-state index contributed by atoms with van der Waals surface area (Å²) in [6.07, 6.45) is 0. The Kier molecular flexibility index (Phi) is 5.32. The zero-order chi connectivity index (χ0) is 13.8. The predicted molar refractivity (Wildman–Crippen MR) is 90.2 cm³/mol. The molecule has 3 rings (SSSR count). The van der Waals surface area contributed by atoms with E-state index in [1.54, 1.807) is 0 Å². The lowest BCUT2D eigenvalue weighted by atomic mass is 10.2. The molecule has 0 saturated heterocycles. The predicted octanol–water partition coefficient (Wildman–Crippen LogP) is 5.63. The van der Waals surface area contributed by atoms with Crippen LogP contribution in [0.5, 0.6) is 0 Å². The standard InChI is InChI=1S/C17H14ClNO.ClH/c18-15-8-6-14(7-9-15)16-10-11-17(20-16)19-12-13-4-2-1-3-5-13;/h1-11,19H,12H2;1H. The molecule has 108 valence electrons. The van der Waals surface area contributed by atoms with Gasteiger partial charge in [0.05, 0.1) is 0 Å². The Morgan fingerprint density at radius 3 is 2.29 bits per heavy atom. The molecule has 0 atom stereocenters. The van der Waals surface area contributed by atoms with Crippen molar-refractivity contribution in [2.24, 2.45) is 0 Å². The van der Waals surface area contributed by atoms with Crippen LogP contribution in [0.3, 0.4) is 0 Å². The molecule has 2 nitrogen and oxygen atoms in total. The molecule has 21 heavy (non-hydrogen) atoms. The number of hydrogen-bond acceptors (Lipinski definition) is 2. The first-order valence-corrected chi connectivity index (χ1v) is 6.83. The van der Waals surface area contributed by atoms with E-state index in [0.717, 1.165) is 28.8 Å². The lowest BCUT2D eigenvalue weighted by molar-refractivity contribution is 0.593. The molecule has 0 amide bonds. The van der Waals surface area contributed by atoms with E-state index in [0.29, 0.717) is 0 Å². The van der Waals surface area contributed by atoms with Gasteiger partial charge in [0.25, 0.3) is 0 Å². The van der Waals surface area contributed by atoms with Gasteiger partial charge in [-0.15, -0.1) is 12.4 Å². The third kappa shape index (κ3) is 4.03. The lowest BCUT2D eigenvalue weighted by Gasteiger charge is -2.03. The van der Waals surface area contributed by atoms with Gasteiger partial charge in [0.1, 0.15) is 5.76 Å². The first kappa shape index (κ1) is 15.5. The Morgan fingerprint density at radius 1 is 0.857 bits per heavy atom. The molecule has 1 N–H and O–H groups in total. The molecule has 4 heteroatoms. The highest BCUT2D eigenvalue weighted by Gasteiger charge is 2.04. The van der Waals surface area contributed by atoms with Crippen molar-refractivity contribution >= 4 is 29.9 Å². The zero-order valence-corrected chi connectivity index (χ0v) is 12.8. The number of benzene rings is 2. The van der Waals surface area contributed by atoms with E-state index >= 15 is 0 Å². The van der Waals surface area contributed by atoms with Crippen molar-refractivity contribution in [3.63, 3.8) is 0 Å². The molecule has 0 unspecified atom stereocenters. The van der Waals surface area contributed by atoms with E-state index in [2.05, 4.69) is 17.4 Å². The minimum Gasteiger partial charge on any atom is -0.441 e. The molecular weight excluding hydrogens is 305 g/mol. The number of rotatable bonds is 4. The lowest BCUT2D eigenvalue weighted by Crippen LogP contribution is -1.97. The normalized spacial score (nSPS) is 9.95. The van der Waals surface area contributed by atoms with Gasteiger partial charge in [-0.25, -0.2) is 0 Å². The first-order chi connectivity index (χ1) is 9.81. The third-order valence-corrected chi connectivity index (χ3v) is 3.30. The number of halogens is 2. The van der Waals surface area contributed by atoms with Gasteiger partial charge in [-0.2, -0.15) is 0 Å². The maximum Gasteiger partial charge on any atom is 0.193 e. The van der Waals surface area contributed by atoms with Crippen LogP contribution in [0.25, 0.3) is 11.3 Å². The highest BCUT2D eigenvalue weighted by Crippen LogP contribution is 2.26. The second kappa shape index (κ2) is 7.21. The van der Waals surface area contributed by atoms with Gasteiger partial charge in [-0.3, -0.25) is 0 Å². The fourth-order valence-corrected chi connectivity index (χ4v) is 2.11. The molecule has 0 spiro atoms. The molecule has 0 aliphatic rings. The summed E-state index contributed by atoms with van der Waals surface area (Å²) in [5, 5.41) is 3.99. The summed E-state index contributed by atoms with van der Waals surface area (Å²) >= 11 is 5.88. The molecular formula is C17H15Cl2NO. The quantitative estimate of drug-likeness (QED) is 0.673. The molecule has 0 fully saturated rings. The van der Waals surface area contributed by atoms with Crippen LogP contribution in [-0.4, -0.2) is 0 Å². The topological polar surface area (TPSA) is 25.2 Å². The minimum absolute atomic E-state index is 0. The Hall–Kier alpha value is -1.90. The van der Waals surface area contributed by atoms with Crippen LogP contribution in [0.4, 0.5) is 5.88 Å². The molecule has 0 aliphatic carbocycles. The Balaban J connectivity index is 0.00000161. The molecule has 1 heterocycles. The van der Waals surface area contributed by atoms with Crippen molar-refractivity contribution in [1.29, 1.82) is 0 Å². The van der Waals surface area contributed by atoms with E-state index < -0.39 is 0 Å². The van der Waals surface area contributed by atoms with Crippen LogP contribution < -0.4 is 5.32 Å². The maximum absolute atomic E-state index is 5.88. The second-order valence-corrected chi connectivity index (χ2v) is 4.95. The van der Waals surface area contributed by atoms with Gasteiger partial charge in [0.15, 0.2) is 5.88 Å². The van der Waals surface area contributed by atoms with Crippen LogP contribution in [0.2, 0.25) is 5.02 Å². The van der Waals surface area contributed by atoms with Gasteiger partial charge in [0, 0.05) is 23.2 Å². The van der Waals surface area contributed by atoms with Gasteiger partial charge in [-0.05, 0) is 35.9 Å². The molecule has 0 saturated carbocycles. The number of hydrogen-bond donors (Lipinski definition) is 1. The smallest absolute Gasteiger partial charge is 0.193 e. The molecule has 0 radical (unpaired) electrons. The molecule has 0 bridgehead atoms. The zero-order valence-electron chi connectivity index (χ0n) is 11.3. The van der Waals surface area contributed by atoms with Crippen LogP contribution in [0.1, 0.15) is 5.56 Å². The summed E-state index contributed by atoms with van der Waals surface area (Å²) in [6.45, 7) is 0.744. The highest BCUT2D eigenvalue weighted by molar-refractivity contribution is 6.30. The average Bonchev–Trinajstić information content (AvgIpc) is 2.96. The second-order valence-electron chi connectivity index (χ2n) is 4.51. The maximum atomic E-state index is 5.88. The minimum atomic E-state index is 0. The average molecular weight is 320 g/mol. The van der Waals surface area contributed by atoms with Crippen molar-refractivity contribution in [2.45, 2.75) is 6.54 Å². The third-order valence-electron chi connectivity index (χ3n) is 3.04. The molecule has 2 aromatic carbocycles. The summed E-state index contributed by atoms with van der Waals surface area (Å²) in [5.41, 5.74) is 2.24. The van der Waals surface area contributed by atoms with Gasteiger partial charge >= 0.3 is 0 Å². The summed E-state index contributed by atoms with van der Waals surface area (Å²) < 4.78 is 5.78. The van der Waals surface area contributed by atoms with E-state index in [1.807, 2.05) is 54.6 Å². The van der Waals surface area contributed by atoms with E-state index in [-0.39, 0.29) is 12.4 Å². The van der Waals surface area contributed by atoms with Crippen molar-refractivity contribution in [3.05, 3.63) is 77.3 Å².